The van der Waals surface area contributed by atoms with Gasteiger partial charge < -0.3 is 28.5 Å². The number of aliphatic hydroxyl groups excluding tert-OH is 1. The second-order valence-corrected chi connectivity index (χ2v) is 10.0. The van der Waals surface area contributed by atoms with Gasteiger partial charge in [-0.05, 0) is 31.2 Å². The Hall–Kier alpha value is -2.23. The first kappa shape index (κ1) is 22.6. The van der Waals surface area contributed by atoms with Crippen molar-refractivity contribution in [3.8, 4) is 0 Å². The molecule has 3 heterocycles. The van der Waals surface area contributed by atoms with Crippen LogP contribution in [0, 0.1) is 22.7 Å². The van der Waals surface area contributed by atoms with Crippen LogP contribution in [0.5, 0.6) is 0 Å². The Morgan fingerprint density at radius 1 is 1.27 bits per heavy atom. The number of hydrogen-bond acceptors (Lipinski definition) is 9. The Bertz CT molecular complexity index is 951. The first-order valence-corrected chi connectivity index (χ1v) is 11.5. The van der Waals surface area contributed by atoms with Crippen LogP contribution < -0.4 is 0 Å². The van der Waals surface area contributed by atoms with Crippen LogP contribution in [0.4, 0.5) is 0 Å². The Morgan fingerprint density at radius 3 is 2.64 bits per heavy atom. The zero-order chi connectivity index (χ0) is 23.6. The summed E-state index contributed by atoms with van der Waals surface area (Å²) in [5.41, 5.74) is -2.05. The minimum Gasteiger partial charge on any atom is -0.472 e. The molecule has 1 N–H and O–H groups in total. The first-order valence-electron chi connectivity index (χ1n) is 11.5. The number of carbonyl (C=O) groups excluding carboxylic acids is 3. The van der Waals surface area contributed by atoms with Crippen LogP contribution >= 0.6 is 0 Å². The van der Waals surface area contributed by atoms with Gasteiger partial charge in [0.25, 0.3) is 0 Å². The van der Waals surface area contributed by atoms with Crippen LogP contribution in [0.15, 0.2) is 23.0 Å². The number of aliphatic hydroxyl groups is 1. The van der Waals surface area contributed by atoms with Gasteiger partial charge in [0.15, 0.2) is 5.78 Å². The lowest BCUT2D eigenvalue weighted by molar-refractivity contribution is -0.255. The van der Waals surface area contributed by atoms with Crippen LogP contribution in [-0.4, -0.2) is 54.0 Å². The van der Waals surface area contributed by atoms with Gasteiger partial charge in [0.2, 0.25) is 6.29 Å². The summed E-state index contributed by atoms with van der Waals surface area (Å²) in [7, 11) is 0. The molecule has 4 fully saturated rings. The number of epoxide rings is 1. The van der Waals surface area contributed by atoms with E-state index in [2.05, 4.69) is 0 Å². The molecule has 9 heteroatoms. The summed E-state index contributed by atoms with van der Waals surface area (Å²) in [5, 5.41) is 11.5. The van der Waals surface area contributed by atoms with Gasteiger partial charge in [-0.3, -0.25) is 14.4 Å². The van der Waals surface area contributed by atoms with Crippen molar-refractivity contribution < 1.29 is 42.9 Å². The molecule has 0 aromatic carbocycles. The van der Waals surface area contributed by atoms with Gasteiger partial charge in [-0.2, -0.15) is 0 Å². The molecule has 1 aromatic rings. The van der Waals surface area contributed by atoms with E-state index in [1.54, 1.807) is 25.5 Å². The van der Waals surface area contributed by atoms with Gasteiger partial charge in [0.05, 0.1) is 30.7 Å². The number of ether oxygens (including phenoxy) is 4. The molecule has 0 amide bonds. The molecule has 2 spiro atoms. The second-order valence-electron chi connectivity index (χ2n) is 10.0. The van der Waals surface area contributed by atoms with Crippen molar-refractivity contribution in [2.45, 2.75) is 70.6 Å². The molecule has 2 saturated carbocycles. The summed E-state index contributed by atoms with van der Waals surface area (Å²) < 4.78 is 28.7. The van der Waals surface area contributed by atoms with Crippen molar-refractivity contribution in [1.29, 1.82) is 0 Å². The molecule has 9 nitrogen and oxygen atoms in total. The maximum Gasteiger partial charge on any atom is 0.304 e. The van der Waals surface area contributed by atoms with E-state index in [0.717, 1.165) is 12.0 Å². The molecule has 180 valence electrons. The van der Waals surface area contributed by atoms with E-state index in [4.69, 9.17) is 23.4 Å². The molecule has 2 saturated heterocycles. The van der Waals surface area contributed by atoms with Crippen molar-refractivity contribution in [2.75, 3.05) is 13.2 Å². The van der Waals surface area contributed by atoms with Crippen molar-refractivity contribution in [3.05, 3.63) is 24.2 Å². The molecular formula is C24H30O9. The van der Waals surface area contributed by atoms with Gasteiger partial charge in [-0.25, -0.2) is 0 Å². The maximum absolute atomic E-state index is 13.7. The lowest BCUT2D eigenvalue weighted by Crippen LogP contribution is -2.71. The maximum atomic E-state index is 13.7. The summed E-state index contributed by atoms with van der Waals surface area (Å²) in [6.45, 7) is 4.62. The third-order valence-corrected chi connectivity index (χ3v) is 8.64. The van der Waals surface area contributed by atoms with Crippen molar-refractivity contribution in [2.24, 2.45) is 22.7 Å². The van der Waals surface area contributed by atoms with Gasteiger partial charge in [0.1, 0.15) is 18.3 Å². The standard InChI is InChI=1S/C24H30O9/c1-13-19(27)20(28)24(12-30-14(2)25)18(5-4-7-22(24)11-31-22)23(13)9-17(16-6-8-29-10-16)33-21(23)32-15(3)26/h6,8,10,13,17-18,20-21,28H,4-5,7,9,11-12H2,1-3H3/t13-,17+,18-,20-,21-,22+,23-,24+/m1/s1. The molecule has 1 aromatic heterocycles. The van der Waals surface area contributed by atoms with Crippen LogP contribution in [0.3, 0.4) is 0 Å². The Morgan fingerprint density at radius 2 is 2.03 bits per heavy atom. The van der Waals surface area contributed by atoms with Crippen LogP contribution in [0.25, 0.3) is 0 Å². The highest BCUT2D eigenvalue weighted by Gasteiger charge is 2.79. The topological polar surface area (TPSA) is 125 Å². The average Bonchev–Trinajstić information content (AvgIpc) is 3.19. The number of rotatable bonds is 4. The summed E-state index contributed by atoms with van der Waals surface area (Å²) in [6, 6.07) is 1.79. The van der Waals surface area contributed by atoms with Gasteiger partial charge in [-0.15, -0.1) is 0 Å². The summed E-state index contributed by atoms with van der Waals surface area (Å²) in [4.78, 5) is 37.6. The van der Waals surface area contributed by atoms with Gasteiger partial charge in [-0.1, -0.05) is 13.3 Å². The Balaban J connectivity index is 1.66. The van der Waals surface area contributed by atoms with Crippen LogP contribution in [0.2, 0.25) is 0 Å². The SMILES string of the molecule is CC(=O)OC[C@@]12[C@H](O)C(=O)[C@@H](C)[C@]3(C[C@@H](c4ccoc4)O[C@H]3OC(C)=O)[C@H]1CCC[C@]21CO1. The number of fused-ring (bicyclic) bond motifs is 3. The molecule has 0 bridgehead atoms. The van der Waals surface area contributed by atoms with Crippen LogP contribution in [-0.2, 0) is 33.3 Å². The normalized spacial score (nSPS) is 44.0. The predicted molar refractivity (Wildman–Crippen MR) is 110 cm³/mol. The lowest BCUT2D eigenvalue weighted by Gasteiger charge is -2.61. The number of hydrogen-bond donors (Lipinski definition) is 1. The molecule has 8 atom stereocenters. The quantitative estimate of drug-likeness (QED) is 0.530. The summed E-state index contributed by atoms with van der Waals surface area (Å²) in [5.74, 6) is -2.38. The number of ketones is 1. The first-order chi connectivity index (χ1) is 15.7. The molecular weight excluding hydrogens is 432 g/mol. The van der Waals surface area contributed by atoms with E-state index in [9.17, 15) is 19.5 Å². The van der Waals surface area contributed by atoms with E-state index < -0.39 is 52.8 Å². The van der Waals surface area contributed by atoms with Gasteiger partial charge in [0, 0.05) is 30.7 Å². The third-order valence-electron chi connectivity index (χ3n) is 8.64. The molecule has 2 aliphatic heterocycles. The van der Waals surface area contributed by atoms with Crippen molar-refractivity contribution in [1.82, 2.24) is 0 Å². The number of furan rings is 1. The van der Waals surface area contributed by atoms with E-state index in [0.29, 0.717) is 25.9 Å². The number of carbonyl (C=O) groups is 3. The zero-order valence-corrected chi connectivity index (χ0v) is 19.1. The molecule has 33 heavy (non-hydrogen) atoms. The van der Waals surface area contributed by atoms with Crippen molar-refractivity contribution in [3.63, 3.8) is 0 Å². The summed E-state index contributed by atoms with van der Waals surface area (Å²) in [6.07, 6.45) is 2.82. The number of esters is 2. The predicted octanol–water partition coefficient (Wildman–Crippen LogP) is 2.31. The second kappa shape index (κ2) is 7.65. The highest BCUT2D eigenvalue weighted by Crippen LogP contribution is 2.71. The average molecular weight is 462 g/mol. The van der Waals surface area contributed by atoms with E-state index >= 15 is 0 Å². The van der Waals surface area contributed by atoms with E-state index in [-0.39, 0.29) is 18.3 Å². The largest absolute Gasteiger partial charge is 0.472 e. The minimum absolute atomic E-state index is 0.141. The van der Waals surface area contributed by atoms with Crippen LogP contribution in [0.1, 0.15) is 58.1 Å². The summed E-state index contributed by atoms with van der Waals surface area (Å²) >= 11 is 0. The molecule has 5 rings (SSSR count). The fourth-order valence-electron chi connectivity index (χ4n) is 7.05. The fraction of sp³-hybridized carbons (Fsp3) is 0.708. The molecule has 0 radical (unpaired) electrons. The van der Waals surface area contributed by atoms with Gasteiger partial charge >= 0.3 is 11.9 Å². The van der Waals surface area contributed by atoms with E-state index in [1.165, 1.54) is 13.8 Å². The minimum atomic E-state index is -1.36. The Labute approximate surface area is 191 Å². The monoisotopic (exact) mass is 462 g/mol. The molecule has 0 unspecified atom stereocenters. The highest BCUT2D eigenvalue weighted by molar-refractivity contribution is 5.88. The molecule has 4 aliphatic rings. The number of Topliss-reactive ketones (excluding diaryl/α,β-unsaturated/α-hetero) is 1. The van der Waals surface area contributed by atoms with Crippen molar-refractivity contribution >= 4 is 17.7 Å². The smallest absolute Gasteiger partial charge is 0.304 e. The van der Waals surface area contributed by atoms with E-state index in [1.807, 2.05) is 0 Å². The lowest BCUT2D eigenvalue weighted by atomic mass is 9.42. The third kappa shape index (κ3) is 3.05. The Kier molecular flexibility index (Phi) is 5.23. The highest BCUT2D eigenvalue weighted by atomic mass is 16.7. The molecule has 2 aliphatic carbocycles. The zero-order valence-electron chi connectivity index (χ0n) is 19.1. The fourth-order valence-corrected chi connectivity index (χ4v) is 7.05.